The zero-order valence-electron chi connectivity index (χ0n) is 12.5. The molecule has 112 valence electrons. The van der Waals surface area contributed by atoms with Crippen molar-refractivity contribution in [1.29, 1.82) is 0 Å². The summed E-state index contributed by atoms with van der Waals surface area (Å²) in [6.07, 6.45) is 1.04. The second kappa shape index (κ2) is 5.11. The normalized spacial score (nSPS) is 30.5. The lowest BCUT2D eigenvalue weighted by Gasteiger charge is -2.27. The van der Waals surface area contributed by atoms with E-state index in [0.717, 1.165) is 31.6 Å². The van der Waals surface area contributed by atoms with Crippen LogP contribution < -0.4 is 5.32 Å². The average molecular weight is 286 g/mol. The molecule has 0 saturated carbocycles. The van der Waals surface area contributed by atoms with Gasteiger partial charge in [0.2, 0.25) is 0 Å². The number of hydrogen-bond donors (Lipinski definition) is 1. The average Bonchev–Trinajstić information content (AvgIpc) is 3.20. The van der Waals surface area contributed by atoms with Gasteiger partial charge in [-0.3, -0.25) is 4.79 Å². The van der Waals surface area contributed by atoms with Gasteiger partial charge in [0.1, 0.15) is 0 Å². The number of rotatable bonds is 2. The second-order valence-corrected chi connectivity index (χ2v) is 6.49. The van der Waals surface area contributed by atoms with E-state index >= 15 is 0 Å². The molecular weight excluding hydrogens is 264 g/mol. The first-order chi connectivity index (χ1) is 10.3. The number of carbonyl (C=O) groups excluding carboxylic acids is 1. The third-order valence-corrected chi connectivity index (χ3v) is 5.37. The Morgan fingerprint density at radius 1 is 1.33 bits per heavy atom. The number of benzene rings is 1. The maximum absolute atomic E-state index is 12.9. The summed E-state index contributed by atoms with van der Waals surface area (Å²) < 4.78 is 5.44. The van der Waals surface area contributed by atoms with Crippen molar-refractivity contribution in [3.8, 4) is 0 Å². The highest BCUT2D eigenvalue weighted by atomic mass is 16.5. The van der Waals surface area contributed by atoms with Crippen molar-refractivity contribution in [2.24, 2.45) is 11.8 Å². The third kappa shape index (κ3) is 2.09. The Morgan fingerprint density at radius 2 is 2.19 bits per heavy atom. The van der Waals surface area contributed by atoms with Crippen LogP contribution in [0.3, 0.4) is 0 Å². The summed E-state index contributed by atoms with van der Waals surface area (Å²) in [5, 5.41) is 3.47. The molecule has 3 aliphatic heterocycles. The van der Waals surface area contributed by atoms with Gasteiger partial charge in [-0.15, -0.1) is 0 Å². The van der Waals surface area contributed by atoms with E-state index in [1.807, 2.05) is 12.1 Å². The Hall–Kier alpha value is -1.39. The number of fused-ring (bicyclic) bond motifs is 2. The standard InChI is InChI=1S/C17H22N2O2/c1-2-16-15-7-18-6-14(15)8-19(16)17(20)11-3-4-12-9-21-10-13(12)5-11/h3-5,14-16,18H,2,6-10H2,1H3. The lowest BCUT2D eigenvalue weighted by Crippen LogP contribution is -2.39. The highest BCUT2D eigenvalue weighted by Gasteiger charge is 2.45. The molecule has 3 aliphatic rings. The van der Waals surface area contributed by atoms with Crippen molar-refractivity contribution in [3.05, 3.63) is 34.9 Å². The zero-order valence-corrected chi connectivity index (χ0v) is 12.5. The number of likely N-dealkylation sites (tertiary alicyclic amines) is 1. The molecule has 2 saturated heterocycles. The van der Waals surface area contributed by atoms with Crippen LogP contribution in [-0.2, 0) is 18.0 Å². The van der Waals surface area contributed by atoms with Gasteiger partial charge < -0.3 is 15.0 Å². The monoisotopic (exact) mass is 286 g/mol. The minimum absolute atomic E-state index is 0.200. The lowest BCUT2D eigenvalue weighted by atomic mass is 9.93. The maximum atomic E-state index is 12.9. The molecule has 3 atom stereocenters. The van der Waals surface area contributed by atoms with Gasteiger partial charge in [-0.25, -0.2) is 0 Å². The molecule has 0 bridgehead atoms. The molecule has 4 nitrogen and oxygen atoms in total. The van der Waals surface area contributed by atoms with Crippen LogP contribution in [0.15, 0.2) is 18.2 Å². The van der Waals surface area contributed by atoms with Gasteiger partial charge in [0.25, 0.3) is 5.91 Å². The summed E-state index contributed by atoms with van der Waals surface area (Å²) in [5.74, 6) is 1.47. The summed E-state index contributed by atoms with van der Waals surface area (Å²) in [6, 6.07) is 6.44. The van der Waals surface area contributed by atoms with Crippen LogP contribution in [0.5, 0.6) is 0 Å². The molecule has 3 heterocycles. The van der Waals surface area contributed by atoms with Crippen LogP contribution in [0.25, 0.3) is 0 Å². The van der Waals surface area contributed by atoms with Crippen molar-refractivity contribution < 1.29 is 9.53 Å². The topological polar surface area (TPSA) is 41.6 Å². The van der Waals surface area contributed by atoms with E-state index in [9.17, 15) is 4.79 Å². The lowest BCUT2D eigenvalue weighted by molar-refractivity contribution is 0.0711. The van der Waals surface area contributed by atoms with Gasteiger partial charge in [0.05, 0.1) is 13.2 Å². The van der Waals surface area contributed by atoms with E-state index in [4.69, 9.17) is 4.74 Å². The maximum Gasteiger partial charge on any atom is 0.254 e. The van der Waals surface area contributed by atoms with Gasteiger partial charge in [-0.05, 0) is 41.5 Å². The summed E-state index contributed by atoms with van der Waals surface area (Å²) in [7, 11) is 0. The van der Waals surface area contributed by atoms with Gasteiger partial charge >= 0.3 is 0 Å². The molecule has 1 aromatic carbocycles. The first-order valence-corrected chi connectivity index (χ1v) is 7.99. The Morgan fingerprint density at radius 3 is 3.05 bits per heavy atom. The number of nitrogens with zero attached hydrogens (tertiary/aromatic N) is 1. The minimum atomic E-state index is 0.200. The molecular formula is C17H22N2O2. The molecule has 0 aliphatic carbocycles. The van der Waals surface area contributed by atoms with E-state index in [2.05, 4.69) is 23.2 Å². The van der Waals surface area contributed by atoms with Crippen LogP contribution >= 0.6 is 0 Å². The van der Waals surface area contributed by atoms with Crippen molar-refractivity contribution in [2.75, 3.05) is 19.6 Å². The van der Waals surface area contributed by atoms with Crippen LogP contribution in [0.1, 0.15) is 34.8 Å². The largest absolute Gasteiger partial charge is 0.372 e. The zero-order chi connectivity index (χ0) is 14.4. The van der Waals surface area contributed by atoms with Gasteiger partial charge in [0, 0.05) is 31.2 Å². The molecule has 21 heavy (non-hydrogen) atoms. The fourth-order valence-corrected chi connectivity index (χ4v) is 4.25. The predicted molar refractivity (Wildman–Crippen MR) is 79.9 cm³/mol. The van der Waals surface area contributed by atoms with E-state index in [1.165, 1.54) is 11.1 Å². The molecule has 4 rings (SSSR count). The van der Waals surface area contributed by atoms with Crippen LogP contribution in [0, 0.1) is 11.8 Å². The Bertz CT molecular complexity index is 572. The fourth-order valence-electron chi connectivity index (χ4n) is 4.25. The van der Waals surface area contributed by atoms with Crippen LogP contribution in [0.2, 0.25) is 0 Å². The summed E-state index contributed by atoms with van der Waals surface area (Å²) in [6.45, 7) is 6.54. The Balaban J connectivity index is 1.59. The molecule has 3 unspecified atom stereocenters. The second-order valence-electron chi connectivity index (χ2n) is 6.49. The van der Waals surface area contributed by atoms with E-state index < -0.39 is 0 Å². The third-order valence-electron chi connectivity index (χ3n) is 5.37. The van der Waals surface area contributed by atoms with Crippen LogP contribution in [0.4, 0.5) is 0 Å². The molecule has 0 spiro atoms. The number of ether oxygens (including phenoxy) is 1. The summed E-state index contributed by atoms with van der Waals surface area (Å²) in [4.78, 5) is 15.0. The van der Waals surface area contributed by atoms with Crippen molar-refractivity contribution in [3.63, 3.8) is 0 Å². The van der Waals surface area contributed by atoms with Crippen molar-refractivity contribution in [1.82, 2.24) is 10.2 Å². The molecule has 1 aromatic rings. The first kappa shape index (κ1) is 13.3. The number of amides is 1. The smallest absolute Gasteiger partial charge is 0.254 e. The van der Waals surface area contributed by atoms with E-state index in [1.54, 1.807) is 0 Å². The highest BCUT2D eigenvalue weighted by molar-refractivity contribution is 5.95. The molecule has 2 fully saturated rings. The molecule has 4 heteroatoms. The number of hydrogen-bond acceptors (Lipinski definition) is 3. The summed E-state index contributed by atoms with van der Waals surface area (Å²) in [5.41, 5.74) is 3.22. The van der Waals surface area contributed by atoms with Crippen molar-refractivity contribution in [2.45, 2.75) is 32.6 Å². The fraction of sp³-hybridized carbons (Fsp3) is 0.588. The van der Waals surface area contributed by atoms with Crippen molar-refractivity contribution >= 4 is 5.91 Å². The van der Waals surface area contributed by atoms with Gasteiger partial charge in [0.15, 0.2) is 0 Å². The van der Waals surface area contributed by atoms with Gasteiger partial charge in [-0.2, -0.15) is 0 Å². The summed E-state index contributed by atoms with van der Waals surface area (Å²) >= 11 is 0. The Kier molecular flexibility index (Phi) is 3.23. The Labute approximate surface area is 125 Å². The quantitative estimate of drug-likeness (QED) is 0.901. The molecule has 0 radical (unpaired) electrons. The van der Waals surface area contributed by atoms with E-state index in [0.29, 0.717) is 31.1 Å². The molecule has 1 N–H and O–H groups in total. The molecule has 1 amide bonds. The van der Waals surface area contributed by atoms with Crippen LogP contribution in [-0.4, -0.2) is 36.5 Å². The SMILES string of the molecule is CCC1C2CNCC2CN1C(=O)c1ccc2c(c1)COC2. The first-order valence-electron chi connectivity index (χ1n) is 7.99. The predicted octanol–water partition coefficient (Wildman–Crippen LogP) is 1.79. The van der Waals surface area contributed by atoms with Gasteiger partial charge in [-0.1, -0.05) is 13.0 Å². The minimum Gasteiger partial charge on any atom is -0.372 e. The highest BCUT2D eigenvalue weighted by Crippen LogP contribution is 2.35. The number of carbonyl (C=O) groups is 1. The number of nitrogens with one attached hydrogen (secondary N) is 1. The molecule has 0 aromatic heterocycles. The van der Waals surface area contributed by atoms with E-state index in [-0.39, 0.29) is 5.91 Å².